The normalized spacial score (nSPS) is 19.6. The average Bonchev–Trinajstić information content (AvgIpc) is 2.37. The molecule has 1 atom stereocenters. The number of rotatable bonds is 3. The van der Waals surface area contributed by atoms with E-state index in [2.05, 4.69) is 5.32 Å². The molecule has 0 aromatic heterocycles. The molecular weight excluding hydrogens is 287 g/mol. The summed E-state index contributed by atoms with van der Waals surface area (Å²) in [5, 5.41) is 2.21. The summed E-state index contributed by atoms with van der Waals surface area (Å²) in [7, 11) is -3.21. The number of imide groups is 1. The van der Waals surface area contributed by atoms with E-state index >= 15 is 0 Å². The predicted molar refractivity (Wildman–Crippen MR) is 69.3 cm³/mol. The van der Waals surface area contributed by atoms with E-state index in [-0.39, 0.29) is 12.3 Å². The van der Waals surface area contributed by atoms with Crippen LogP contribution in [0.15, 0.2) is 29.2 Å². The van der Waals surface area contributed by atoms with Crippen molar-refractivity contribution in [3.05, 3.63) is 24.3 Å². The monoisotopic (exact) mass is 300 g/mol. The summed E-state index contributed by atoms with van der Waals surface area (Å²) >= 11 is 0. The van der Waals surface area contributed by atoms with Crippen LogP contribution < -0.4 is 10.2 Å². The predicted octanol–water partition coefficient (Wildman–Crippen LogP) is 0.586. The van der Waals surface area contributed by atoms with Gasteiger partial charge >= 0.3 is 10.2 Å². The highest BCUT2D eigenvalue weighted by atomic mass is 32.3. The van der Waals surface area contributed by atoms with Crippen LogP contribution in [0.25, 0.3) is 0 Å². The SMILES string of the molecule is CN(c1cccc(S(=O)(=O)F)c1)C1CCC(=O)NC1=O. The van der Waals surface area contributed by atoms with Crippen LogP contribution in [0.3, 0.4) is 0 Å². The van der Waals surface area contributed by atoms with Crippen LogP contribution in [0, 0.1) is 0 Å². The fraction of sp³-hybridized carbons (Fsp3) is 0.333. The van der Waals surface area contributed by atoms with E-state index in [0.29, 0.717) is 12.1 Å². The number of nitrogens with zero attached hydrogens (tertiary/aromatic N) is 1. The van der Waals surface area contributed by atoms with Gasteiger partial charge in [-0.2, -0.15) is 8.42 Å². The number of benzene rings is 1. The highest BCUT2D eigenvalue weighted by Gasteiger charge is 2.30. The fourth-order valence-electron chi connectivity index (χ4n) is 2.09. The van der Waals surface area contributed by atoms with Crippen LogP contribution in [0.5, 0.6) is 0 Å². The topological polar surface area (TPSA) is 83.6 Å². The molecule has 1 N–H and O–H groups in total. The van der Waals surface area contributed by atoms with Crippen LogP contribution in [0.4, 0.5) is 9.57 Å². The highest BCUT2D eigenvalue weighted by Crippen LogP contribution is 2.23. The van der Waals surface area contributed by atoms with Crippen molar-refractivity contribution in [2.24, 2.45) is 0 Å². The Balaban J connectivity index is 2.27. The van der Waals surface area contributed by atoms with Crippen LogP contribution in [0.1, 0.15) is 12.8 Å². The van der Waals surface area contributed by atoms with Gasteiger partial charge in [-0.15, -0.1) is 3.89 Å². The lowest BCUT2D eigenvalue weighted by Gasteiger charge is -2.31. The van der Waals surface area contributed by atoms with Gasteiger partial charge < -0.3 is 4.90 Å². The van der Waals surface area contributed by atoms with Crippen LogP contribution in [0.2, 0.25) is 0 Å². The van der Waals surface area contributed by atoms with Gasteiger partial charge in [0.05, 0.1) is 0 Å². The Bertz CT molecular complexity index is 659. The van der Waals surface area contributed by atoms with E-state index in [0.717, 1.165) is 12.1 Å². The quantitative estimate of drug-likeness (QED) is 0.652. The van der Waals surface area contributed by atoms with Crippen LogP contribution in [-0.4, -0.2) is 33.3 Å². The largest absolute Gasteiger partial charge is 0.363 e. The van der Waals surface area contributed by atoms with E-state index in [1.54, 1.807) is 13.1 Å². The Labute approximate surface area is 115 Å². The zero-order valence-corrected chi connectivity index (χ0v) is 11.5. The van der Waals surface area contributed by atoms with Crippen molar-refractivity contribution < 1.29 is 21.9 Å². The zero-order valence-electron chi connectivity index (χ0n) is 10.7. The number of likely N-dealkylation sites (N-methyl/N-ethyl adjacent to an activating group) is 1. The van der Waals surface area contributed by atoms with Gasteiger partial charge in [0.1, 0.15) is 10.9 Å². The molecule has 2 rings (SSSR count). The first-order chi connectivity index (χ1) is 9.29. The first-order valence-electron chi connectivity index (χ1n) is 5.90. The van der Waals surface area contributed by atoms with Crippen molar-refractivity contribution in [1.82, 2.24) is 5.32 Å². The summed E-state index contributed by atoms with van der Waals surface area (Å²) in [4.78, 5) is 23.9. The summed E-state index contributed by atoms with van der Waals surface area (Å²) in [6.45, 7) is 0. The van der Waals surface area contributed by atoms with Crippen molar-refractivity contribution in [2.45, 2.75) is 23.8 Å². The van der Waals surface area contributed by atoms with Crippen molar-refractivity contribution in [3.63, 3.8) is 0 Å². The van der Waals surface area contributed by atoms with Crippen molar-refractivity contribution in [2.75, 3.05) is 11.9 Å². The molecule has 0 radical (unpaired) electrons. The first-order valence-corrected chi connectivity index (χ1v) is 7.28. The summed E-state index contributed by atoms with van der Waals surface area (Å²) in [5.41, 5.74) is 0.387. The van der Waals surface area contributed by atoms with Gasteiger partial charge in [0.25, 0.3) is 0 Å². The van der Waals surface area contributed by atoms with Crippen molar-refractivity contribution >= 4 is 27.7 Å². The maximum absolute atomic E-state index is 13.0. The van der Waals surface area contributed by atoms with E-state index in [4.69, 9.17) is 0 Å². The molecule has 1 aromatic carbocycles. The second kappa shape index (κ2) is 5.20. The molecule has 0 spiro atoms. The molecule has 1 heterocycles. The molecule has 20 heavy (non-hydrogen) atoms. The van der Waals surface area contributed by atoms with Gasteiger partial charge in [0.2, 0.25) is 11.8 Å². The second-order valence-corrected chi connectivity index (χ2v) is 5.86. The van der Waals surface area contributed by atoms with Gasteiger partial charge in [-0.05, 0) is 24.6 Å². The molecule has 0 aliphatic carbocycles. The molecule has 0 bridgehead atoms. The Morgan fingerprint density at radius 1 is 1.35 bits per heavy atom. The second-order valence-electron chi connectivity index (χ2n) is 4.51. The lowest BCUT2D eigenvalue weighted by Crippen LogP contribution is -2.51. The summed E-state index contributed by atoms with van der Waals surface area (Å²) < 4.78 is 34.7. The molecule has 108 valence electrons. The minimum Gasteiger partial charge on any atom is -0.363 e. The van der Waals surface area contributed by atoms with Gasteiger partial charge in [-0.1, -0.05) is 6.07 Å². The molecule has 2 amide bonds. The van der Waals surface area contributed by atoms with E-state index in [1.807, 2.05) is 0 Å². The molecule has 1 aliphatic rings. The number of carbonyl (C=O) groups excluding carboxylic acids is 2. The highest BCUT2D eigenvalue weighted by molar-refractivity contribution is 7.86. The molecule has 1 aliphatic heterocycles. The Morgan fingerprint density at radius 3 is 2.65 bits per heavy atom. The molecule has 1 aromatic rings. The smallest absolute Gasteiger partial charge is 0.332 e. The third kappa shape index (κ3) is 2.96. The summed E-state index contributed by atoms with van der Waals surface area (Å²) in [6.07, 6.45) is 0.537. The van der Waals surface area contributed by atoms with E-state index < -0.39 is 27.1 Å². The Hall–Kier alpha value is -1.96. The fourth-order valence-corrected chi connectivity index (χ4v) is 2.59. The van der Waals surface area contributed by atoms with Gasteiger partial charge in [0, 0.05) is 19.2 Å². The van der Waals surface area contributed by atoms with Crippen molar-refractivity contribution in [1.29, 1.82) is 0 Å². The molecule has 1 unspecified atom stereocenters. The zero-order chi connectivity index (χ0) is 14.9. The number of amides is 2. The standard InChI is InChI=1S/C12H13FN2O4S/c1-15(10-5-6-11(16)14-12(10)17)8-3-2-4-9(7-8)20(13,18)19/h2-4,7,10H,5-6H2,1H3,(H,14,16,17). The van der Waals surface area contributed by atoms with Gasteiger partial charge in [-0.3, -0.25) is 14.9 Å². The number of hydrogen-bond donors (Lipinski definition) is 1. The number of halogens is 1. The first kappa shape index (κ1) is 14.4. The Kier molecular flexibility index (Phi) is 3.76. The minimum absolute atomic E-state index is 0.210. The van der Waals surface area contributed by atoms with Gasteiger partial charge in [0.15, 0.2) is 0 Å². The van der Waals surface area contributed by atoms with Gasteiger partial charge in [-0.25, -0.2) is 0 Å². The molecular formula is C12H13FN2O4S. The third-order valence-electron chi connectivity index (χ3n) is 3.18. The molecule has 8 heteroatoms. The molecule has 6 nitrogen and oxygen atoms in total. The Morgan fingerprint density at radius 2 is 2.05 bits per heavy atom. The maximum Gasteiger partial charge on any atom is 0.332 e. The maximum atomic E-state index is 13.0. The molecule has 1 fully saturated rings. The summed E-state index contributed by atoms with van der Waals surface area (Å²) in [5.74, 6) is -0.781. The summed E-state index contributed by atoms with van der Waals surface area (Å²) in [6, 6.07) is 4.66. The van der Waals surface area contributed by atoms with Crippen LogP contribution >= 0.6 is 0 Å². The lowest BCUT2D eigenvalue weighted by atomic mass is 10.0. The van der Waals surface area contributed by atoms with Crippen molar-refractivity contribution in [3.8, 4) is 0 Å². The lowest BCUT2D eigenvalue weighted by molar-refractivity contribution is -0.134. The minimum atomic E-state index is -4.79. The number of hydrogen-bond acceptors (Lipinski definition) is 5. The number of carbonyl (C=O) groups is 2. The molecule has 1 saturated heterocycles. The average molecular weight is 300 g/mol. The third-order valence-corrected chi connectivity index (χ3v) is 4.00. The van der Waals surface area contributed by atoms with Crippen LogP contribution in [-0.2, 0) is 19.8 Å². The number of piperidine rings is 1. The number of anilines is 1. The van der Waals surface area contributed by atoms with E-state index in [9.17, 15) is 21.9 Å². The number of nitrogens with one attached hydrogen (secondary N) is 1. The van der Waals surface area contributed by atoms with E-state index in [1.165, 1.54) is 11.0 Å². The molecule has 0 saturated carbocycles.